The molecule has 1 rings (SSSR count). The summed E-state index contributed by atoms with van der Waals surface area (Å²) >= 11 is 0. The Labute approximate surface area is 83.0 Å². The lowest BCUT2D eigenvalue weighted by molar-refractivity contribution is -0.114. The summed E-state index contributed by atoms with van der Waals surface area (Å²) in [6.45, 7) is 1.44. The van der Waals surface area contributed by atoms with E-state index in [1.165, 1.54) is 14.0 Å². The van der Waals surface area contributed by atoms with Gasteiger partial charge in [0.1, 0.15) is 0 Å². The van der Waals surface area contributed by atoms with Crippen LogP contribution in [0.3, 0.4) is 0 Å². The minimum absolute atomic E-state index is 0.120. The van der Waals surface area contributed by atoms with Crippen LogP contribution in [-0.2, 0) is 9.45 Å². The Morgan fingerprint density at radius 3 is 2.43 bits per heavy atom. The van der Waals surface area contributed by atoms with Crippen LogP contribution in [0.4, 0.5) is 5.69 Å². The lowest BCUT2D eigenvalue weighted by atomic mass is 9.80. The molecule has 5 heteroatoms. The number of hydrogen-bond donors (Lipinski definition) is 2. The fourth-order valence-corrected chi connectivity index (χ4v) is 1.07. The molecule has 0 aliphatic carbocycles. The van der Waals surface area contributed by atoms with Crippen molar-refractivity contribution < 1.29 is 14.5 Å². The second-order valence-corrected chi connectivity index (χ2v) is 2.89. The zero-order chi connectivity index (χ0) is 10.6. The predicted molar refractivity (Wildman–Crippen MR) is 55.4 cm³/mol. The number of rotatable bonds is 3. The molecule has 0 aliphatic heterocycles. The highest BCUT2D eigenvalue weighted by Gasteiger charge is 2.13. The number of nitrogens with one attached hydrogen (secondary N) is 1. The lowest BCUT2D eigenvalue weighted by Crippen LogP contribution is -2.32. The first kappa shape index (κ1) is 10.8. The Morgan fingerprint density at radius 1 is 1.43 bits per heavy atom. The molecule has 0 fully saturated rings. The van der Waals surface area contributed by atoms with Gasteiger partial charge in [-0.05, 0) is 17.6 Å². The monoisotopic (exact) mass is 193 g/mol. The Balaban J connectivity index is 2.73. The largest absolute Gasteiger partial charge is 0.490 e. The Kier molecular flexibility index (Phi) is 3.68. The molecule has 74 valence electrons. The van der Waals surface area contributed by atoms with E-state index in [9.17, 15) is 9.82 Å². The zero-order valence-corrected chi connectivity index (χ0v) is 8.15. The van der Waals surface area contributed by atoms with E-state index in [1.54, 1.807) is 24.3 Å². The van der Waals surface area contributed by atoms with Gasteiger partial charge in [-0.3, -0.25) is 4.79 Å². The minimum atomic E-state index is -0.915. The number of anilines is 1. The van der Waals surface area contributed by atoms with Crippen LogP contribution < -0.4 is 10.8 Å². The summed E-state index contributed by atoms with van der Waals surface area (Å²) in [5.74, 6) is -0.120. The van der Waals surface area contributed by atoms with Gasteiger partial charge in [-0.2, -0.15) is 0 Å². The van der Waals surface area contributed by atoms with Crippen molar-refractivity contribution in [3.8, 4) is 0 Å². The van der Waals surface area contributed by atoms with Crippen molar-refractivity contribution in [3.05, 3.63) is 24.3 Å². The quantitative estimate of drug-likeness (QED) is 0.663. The topological polar surface area (TPSA) is 58.6 Å². The summed E-state index contributed by atoms with van der Waals surface area (Å²) in [4.78, 5) is 10.7. The number of benzene rings is 1. The molecule has 0 atom stereocenters. The van der Waals surface area contributed by atoms with E-state index in [1.807, 2.05) is 0 Å². The van der Waals surface area contributed by atoms with E-state index < -0.39 is 7.12 Å². The summed E-state index contributed by atoms with van der Waals surface area (Å²) in [6.07, 6.45) is 0. The van der Waals surface area contributed by atoms with Crippen LogP contribution in [-0.4, -0.2) is 25.2 Å². The average molecular weight is 193 g/mol. The second-order valence-electron chi connectivity index (χ2n) is 2.89. The van der Waals surface area contributed by atoms with Crippen LogP contribution in [0.1, 0.15) is 6.92 Å². The Bertz CT molecular complexity index is 312. The average Bonchev–Trinajstić information content (AvgIpc) is 2.17. The van der Waals surface area contributed by atoms with Gasteiger partial charge in [-0.1, -0.05) is 12.1 Å². The molecule has 14 heavy (non-hydrogen) atoms. The van der Waals surface area contributed by atoms with Gasteiger partial charge in [0.15, 0.2) is 0 Å². The van der Waals surface area contributed by atoms with Crippen molar-refractivity contribution >= 4 is 24.2 Å². The van der Waals surface area contributed by atoms with Crippen LogP contribution >= 0.6 is 0 Å². The van der Waals surface area contributed by atoms with Crippen molar-refractivity contribution in [1.29, 1.82) is 0 Å². The van der Waals surface area contributed by atoms with E-state index in [0.717, 1.165) is 0 Å². The number of carbonyl (C=O) groups excluding carboxylic acids is 1. The van der Waals surface area contributed by atoms with E-state index in [2.05, 4.69) is 5.32 Å². The van der Waals surface area contributed by atoms with Crippen molar-refractivity contribution in [2.24, 2.45) is 0 Å². The molecule has 1 aromatic rings. The van der Waals surface area contributed by atoms with Crippen molar-refractivity contribution in [1.82, 2.24) is 0 Å². The zero-order valence-electron chi connectivity index (χ0n) is 8.15. The molecule has 2 N–H and O–H groups in total. The normalized spacial score (nSPS) is 9.64. The van der Waals surface area contributed by atoms with Gasteiger partial charge >= 0.3 is 7.12 Å². The number of hydrogen-bond acceptors (Lipinski definition) is 3. The molecular formula is C9H12BNO3. The molecule has 0 heterocycles. The highest BCUT2D eigenvalue weighted by molar-refractivity contribution is 6.59. The van der Waals surface area contributed by atoms with E-state index >= 15 is 0 Å². The maximum atomic E-state index is 10.7. The van der Waals surface area contributed by atoms with Crippen LogP contribution in [0.15, 0.2) is 24.3 Å². The molecule has 0 saturated heterocycles. The van der Waals surface area contributed by atoms with Crippen LogP contribution in [0.5, 0.6) is 0 Å². The van der Waals surface area contributed by atoms with Gasteiger partial charge in [0.2, 0.25) is 5.91 Å². The maximum Gasteiger partial charge on any atom is 0.490 e. The van der Waals surface area contributed by atoms with Gasteiger partial charge in [0.25, 0.3) is 0 Å². The first-order chi connectivity index (χ1) is 6.63. The van der Waals surface area contributed by atoms with Crippen LogP contribution in [0, 0.1) is 0 Å². The third kappa shape index (κ3) is 2.87. The first-order valence-corrected chi connectivity index (χ1v) is 4.22. The van der Waals surface area contributed by atoms with E-state index in [-0.39, 0.29) is 5.91 Å². The summed E-state index contributed by atoms with van der Waals surface area (Å²) in [6, 6.07) is 6.80. The molecule has 0 aromatic heterocycles. The molecule has 0 radical (unpaired) electrons. The Hall–Kier alpha value is -1.33. The second kappa shape index (κ2) is 4.78. The molecule has 1 amide bonds. The van der Waals surface area contributed by atoms with E-state index in [0.29, 0.717) is 11.2 Å². The molecule has 1 aromatic carbocycles. The molecule has 0 unspecified atom stereocenters. The van der Waals surface area contributed by atoms with Crippen molar-refractivity contribution in [3.63, 3.8) is 0 Å². The first-order valence-electron chi connectivity index (χ1n) is 4.22. The van der Waals surface area contributed by atoms with Gasteiger partial charge in [0.05, 0.1) is 0 Å². The van der Waals surface area contributed by atoms with Gasteiger partial charge in [-0.25, -0.2) is 0 Å². The predicted octanol–water partition coefficient (Wildman–Crippen LogP) is -0.0211. The molecule has 0 saturated carbocycles. The number of carbonyl (C=O) groups is 1. The SMILES string of the molecule is COB(O)c1ccc(NC(C)=O)cc1. The molecular weight excluding hydrogens is 181 g/mol. The highest BCUT2D eigenvalue weighted by Crippen LogP contribution is 2.03. The molecule has 0 spiro atoms. The lowest BCUT2D eigenvalue weighted by Gasteiger charge is -2.05. The third-order valence-corrected chi connectivity index (χ3v) is 1.74. The van der Waals surface area contributed by atoms with E-state index in [4.69, 9.17) is 4.65 Å². The summed E-state index contributed by atoms with van der Waals surface area (Å²) in [5.41, 5.74) is 1.35. The third-order valence-electron chi connectivity index (χ3n) is 1.74. The summed E-state index contributed by atoms with van der Waals surface area (Å²) in [5, 5.41) is 11.9. The number of amides is 1. The van der Waals surface area contributed by atoms with Crippen LogP contribution in [0.2, 0.25) is 0 Å². The Morgan fingerprint density at radius 2 is 2.00 bits per heavy atom. The highest BCUT2D eigenvalue weighted by atomic mass is 16.5. The van der Waals surface area contributed by atoms with Crippen molar-refractivity contribution in [2.45, 2.75) is 6.92 Å². The molecule has 0 aliphatic rings. The smallest absolute Gasteiger partial charge is 0.423 e. The van der Waals surface area contributed by atoms with Crippen molar-refractivity contribution in [2.75, 3.05) is 12.4 Å². The van der Waals surface area contributed by atoms with Crippen LogP contribution in [0.25, 0.3) is 0 Å². The van der Waals surface area contributed by atoms with Gasteiger partial charge in [-0.15, -0.1) is 0 Å². The fourth-order valence-electron chi connectivity index (χ4n) is 1.07. The maximum absolute atomic E-state index is 10.7. The molecule has 0 bridgehead atoms. The van der Waals surface area contributed by atoms with Gasteiger partial charge in [0, 0.05) is 19.7 Å². The summed E-state index contributed by atoms with van der Waals surface area (Å²) in [7, 11) is 0.508. The van der Waals surface area contributed by atoms with Gasteiger partial charge < -0.3 is 15.0 Å². The summed E-state index contributed by atoms with van der Waals surface area (Å²) < 4.78 is 4.73. The standard InChI is InChI=1S/C9H12BNO3/c1-7(12)11-9-5-3-8(4-6-9)10(13)14-2/h3-6,13H,1-2H3,(H,11,12). The minimum Gasteiger partial charge on any atom is -0.423 e. The molecule has 4 nitrogen and oxygen atoms in total. The fraction of sp³-hybridized carbons (Fsp3) is 0.222.